The monoisotopic (exact) mass is 276 g/mol. The smallest absolute Gasteiger partial charge is 0.166 e. The molecule has 0 spiro atoms. The first kappa shape index (κ1) is 14.3. The van der Waals surface area contributed by atoms with Gasteiger partial charge in [-0.25, -0.2) is 0 Å². The summed E-state index contributed by atoms with van der Waals surface area (Å²) in [5.41, 5.74) is 1.35. The van der Waals surface area contributed by atoms with Gasteiger partial charge in [-0.1, -0.05) is 50.1 Å². The van der Waals surface area contributed by atoms with Crippen LogP contribution in [0, 0.1) is 5.92 Å². The highest BCUT2D eigenvalue weighted by molar-refractivity contribution is 7.80. The zero-order chi connectivity index (χ0) is 13.5. The predicted octanol–water partition coefficient (Wildman–Crippen LogP) is 3.27. The third-order valence-corrected chi connectivity index (χ3v) is 4.23. The van der Waals surface area contributed by atoms with E-state index < -0.39 is 0 Å². The highest BCUT2D eigenvalue weighted by Crippen LogP contribution is 2.23. The second-order valence-corrected chi connectivity index (χ2v) is 5.91. The second kappa shape index (κ2) is 7.49. The Hall–Kier alpha value is -1.09. The fraction of sp³-hybridized carbons (Fsp3) is 0.562. The zero-order valence-corrected chi connectivity index (χ0v) is 12.5. The van der Waals surface area contributed by atoms with Gasteiger partial charge in [0.25, 0.3) is 0 Å². The number of benzene rings is 1. The van der Waals surface area contributed by atoms with Crippen LogP contribution < -0.4 is 10.6 Å². The van der Waals surface area contributed by atoms with E-state index in [-0.39, 0.29) is 0 Å². The molecule has 1 aliphatic carbocycles. The Labute approximate surface area is 122 Å². The molecular weight excluding hydrogens is 252 g/mol. The van der Waals surface area contributed by atoms with E-state index in [2.05, 4.69) is 41.8 Å². The number of rotatable bonds is 4. The van der Waals surface area contributed by atoms with Crippen LogP contribution in [0.5, 0.6) is 0 Å². The van der Waals surface area contributed by atoms with Gasteiger partial charge in [-0.05, 0) is 43.0 Å². The molecule has 0 aromatic heterocycles. The summed E-state index contributed by atoms with van der Waals surface area (Å²) in [6, 6.07) is 11.1. The van der Waals surface area contributed by atoms with Gasteiger partial charge in [0.2, 0.25) is 0 Å². The molecule has 2 nitrogen and oxygen atoms in total. The molecule has 2 N–H and O–H groups in total. The summed E-state index contributed by atoms with van der Waals surface area (Å²) in [4.78, 5) is 0. The van der Waals surface area contributed by atoms with Crippen LogP contribution in [0.1, 0.15) is 38.2 Å². The molecule has 0 radical (unpaired) electrons. The lowest BCUT2D eigenvalue weighted by Gasteiger charge is -2.30. The van der Waals surface area contributed by atoms with Crippen molar-refractivity contribution in [1.29, 1.82) is 0 Å². The maximum absolute atomic E-state index is 5.38. The van der Waals surface area contributed by atoms with Crippen LogP contribution in [0.15, 0.2) is 30.3 Å². The van der Waals surface area contributed by atoms with Crippen LogP contribution in [0.3, 0.4) is 0 Å². The number of thiocarbonyl (C=S) groups is 1. The van der Waals surface area contributed by atoms with Gasteiger partial charge in [0.15, 0.2) is 5.11 Å². The molecule has 1 fully saturated rings. The Morgan fingerprint density at radius 1 is 1.21 bits per heavy atom. The van der Waals surface area contributed by atoms with Gasteiger partial charge in [0, 0.05) is 12.6 Å². The van der Waals surface area contributed by atoms with E-state index in [0.717, 1.165) is 24.0 Å². The van der Waals surface area contributed by atoms with Crippen LogP contribution in [-0.4, -0.2) is 17.7 Å². The number of hydrogen-bond donors (Lipinski definition) is 2. The molecule has 1 aromatic rings. The third kappa shape index (κ3) is 4.83. The van der Waals surface area contributed by atoms with E-state index in [4.69, 9.17) is 12.2 Å². The molecule has 1 aliphatic rings. The Bertz CT molecular complexity index is 391. The largest absolute Gasteiger partial charge is 0.362 e. The minimum atomic E-state index is 0.561. The quantitative estimate of drug-likeness (QED) is 0.825. The molecule has 1 aromatic carbocycles. The molecule has 0 saturated heterocycles. The van der Waals surface area contributed by atoms with E-state index in [9.17, 15) is 0 Å². The lowest BCUT2D eigenvalue weighted by molar-refractivity contribution is 0.308. The van der Waals surface area contributed by atoms with Crippen LogP contribution in [0.4, 0.5) is 0 Å². The highest BCUT2D eigenvalue weighted by Gasteiger charge is 2.21. The first-order valence-electron chi connectivity index (χ1n) is 7.34. The summed E-state index contributed by atoms with van der Waals surface area (Å²) in [6.45, 7) is 3.22. The molecule has 1 saturated carbocycles. The van der Waals surface area contributed by atoms with Crippen LogP contribution in [0.2, 0.25) is 0 Å². The van der Waals surface area contributed by atoms with Crippen LogP contribution in [0.25, 0.3) is 0 Å². The van der Waals surface area contributed by atoms with Gasteiger partial charge in [-0.3, -0.25) is 0 Å². The van der Waals surface area contributed by atoms with Crippen molar-refractivity contribution in [3.05, 3.63) is 35.9 Å². The van der Waals surface area contributed by atoms with E-state index in [0.29, 0.717) is 6.04 Å². The van der Waals surface area contributed by atoms with Crippen molar-refractivity contribution in [2.24, 2.45) is 5.92 Å². The summed E-state index contributed by atoms with van der Waals surface area (Å²) < 4.78 is 0. The SMILES string of the molecule is C[C@@H]1CCCC[C@H]1NC(=S)NCCc1ccccc1. The van der Waals surface area contributed by atoms with Crippen molar-refractivity contribution in [3.63, 3.8) is 0 Å². The van der Waals surface area contributed by atoms with Crippen molar-refractivity contribution < 1.29 is 0 Å². The van der Waals surface area contributed by atoms with Crippen LogP contribution in [-0.2, 0) is 6.42 Å². The Balaban J connectivity index is 1.67. The summed E-state index contributed by atoms with van der Waals surface area (Å²) >= 11 is 5.38. The van der Waals surface area contributed by atoms with Crippen molar-refractivity contribution >= 4 is 17.3 Å². The molecule has 2 rings (SSSR count). The normalized spacial score (nSPS) is 22.8. The van der Waals surface area contributed by atoms with Crippen molar-refractivity contribution in [3.8, 4) is 0 Å². The lowest BCUT2D eigenvalue weighted by atomic mass is 9.86. The Morgan fingerprint density at radius 2 is 1.95 bits per heavy atom. The average Bonchev–Trinajstić information content (AvgIpc) is 2.43. The molecule has 0 aliphatic heterocycles. The summed E-state index contributed by atoms with van der Waals surface area (Å²) in [5, 5.41) is 7.61. The maximum atomic E-state index is 5.38. The fourth-order valence-corrected chi connectivity index (χ4v) is 2.97. The number of nitrogens with one attached hydrogen (secondary N) is 2. The average molecular weight is 276 g/mol. The van der Waals surface area contributed by atoms with E-state index >= 15 is 0 Å². The molecular formula is C16H24N2S. The first-order valence-corrected chi connectivity index (χ1v) is 7.75. The van der Waals surface area contributed by atoms with E-state index in [1.165, 1.54) is 31.2 Å². The topological polar surface area (TPSA) is 24.1 Å². The predicted molar refractivity (Wildman–Crippen MR) is 85.3 cm³/mol. The molecule has 2 atom stereocenters. The van der Waals surface area contributed by atoms with Gasteiger partial charge >= 0.3 is 0 Å². The molecule has 0 amide bonds. The van der Waals surface area contributed by atoms with Gasteiger partial charge < -0.3 is 10.6 Å². The summed E-state index contributed by atoms with van der Waals surface area (Å²) in [5.74, 6) is 0.739. The Kier molecular flexibility index (Phi) is 5.64. The molecule has 0 unspecified atom stereocenters. The standard InChI is InChI=1S/C16H24N2S/c1-13-7-5-6-10-15(13)18-16(19)17-12-11-14-8-3-2-4-9-14/h2-4,8-9,13,15H,5-7,10-12H2,1H3,(H2,17,18,19)/t13-,15-/m1/s1. The van der Waals surface area contributed by atoms with Crippen molar-refractivity contribution in [2.45, 2.75) is 45.1 Å². The van der Waals surface area contributed by atoms with Crippen molar-refractivity contribution in [1.82, 2.24) is 10.6 Å². The molecule has 0 bridgehead atoms. The molecule has 104 valence electrons. The zero-order valence-electron chi connectivity index (χ0n) is 11.7. The molecule has 3 heteroatoms. The van der Waals surface area contributed by atoms with Gasteiger partial charge in [-0.15, -0.1) is 0 Å². The van der Waals surface area contributed by atoms with E-state index in [1.54, 1.807) is 0 Å². The summed E-state index contributed by atoms with van der Waals surface area (Å²) in [7, 11) is 0. The van der Waals surface area contributed by atoms with Gasteiger partial charge in [-0.2, -0.15) is 0 Å². The minimum Gasteiger partial charge on any atom is -0.362 e. The second-order valence-electron chi connectivity index (χ2n) is 5.50. The van der Waals surface area contributed by atoms with Gasteiger partial charge in [0.1, 0.15) is 0 Å². The lowest BCUT2D eigenvalue weighted by Crippen LogP contribution is -2.46. The maximum Gasteiger partial charge on any atom is 0.166 e. The van der Waals surface area contributed by atoms with Crippen molar-refractivity contribution in [2.75, 3.05) is 6.54 Å². The van der Waals surface area contributed by atoms with Crippen LogP contribution >= 0.6 is 12.2 Å². The molecule has 19 heavy (non-hydrogen) atoms. The minimum absolute atomic E-state index is 0.561. The first-order chi connectivity index (χ1) is 9.25. The summed E-state index contributed by atoms with van der Waals surface area (Å²) in [6.07, 6.45) is 6.29. The van der Waals surface area contributed by atoms with E-state index in [1.807, 2.05) is 6.07 Å². The molecule has 0 heterocycles. The van der Waals surface area contributed by atoms with Gasteiger partial charge in [0.05, 0.1) is 0 Å². The fourth-order valence-electron chi connectivity index (χ4n) is 2.72. The highest BCUT2D eigenvalue weighted by atomic mass is 32.1. The number of hydrogen-bond acceptors (Lipinski definition) is 1. The Morgan fingerprint density at radius 3 is 2.68 bits per heavy atom. The third-order valence-electron chi connectivity index (χ3n) is 3.97.